The molecule has 0 radical (unpaired) electrons. The maximum Gasteiger partial charge on any atom is 0.310 e. The second-order valence-electron chi connectivity index (χ2n) is 5.02. The Morgan fingerprint density at radius 2 is 1.95 bits per heavy atom. The summed E-state index contributed by atoms with van der Waals surface area (Å²) in [6.07, 6.45) is 6.12. The molecule has 4 heteroatoms. The van der Waals surface area contributed by atoms with E-state index < -0.39 is 11.9 Å². The van der Waals surface area contributed by atoms with Gasteiger partial charge < -0.3 is 14.9 Å². The Morgan fingerprint density at radius 1 is 1.25 bits per heavy atom. The topological polar surface area (TPSA) is 66.8 Å². The predicted octanol–water partition coefficient (Wildman–Crippen LogP) is 3.93. The fourth-order valence-corrected chi connectivity index (χ4v) is 2.30. The Balaban J connectivity index is 2.68. The molecule has 0 bridgehead atoms. The van der Waals surface area contributed by atoms with E-state index in [-0.39, 0.29) is 5.75 Å². The molecule has 0 aliphatic rings. The van der Waals surface area contributed by atoms with Gasteiger partial charge in [-0.1, -0.05) is 45.1 Å². The van der Waals surface area contributed by atoms with Crippen molar-refractivity contribution >= 4 is 5.97 Å². The highest BCUT2D eigenvalue weighted by Gasteiger charge is 2.20. The van der Waals surface area contributed by atoms with Gasteiger partial charge in [-0.25, -0.2) is 0 Å². The average molecular weight is 280 g/mol. The molecular weight excluding hydrogens is 256 g/mol. The molecule has 112 valence electrons. The molecule has 0 aliphatic carbocycles. The fraction of sp³-hybridized carbons (Fsp3) is 0.562. The van der Waals surface area contributed by atoms with Crippen molar-refractivity contribution < 1.29 is 19.7 Å². The summed E-state index contributed by atoms with van der Waals surface area (Å²) in [5, 5.41) is 18.9. The molecule has 0 spiro atoms. The minimum absolute atomic E-state index is 0.0309. The highest BCUT2D eigenvalue weighted by Crippen LogP contribution is 2.32. The highest BCUT2D eigenvalue weighted by atomic mass is 16.5. The van der Waals surface area contributed by atoms with Crippen LogP contribution in [0, 0.1) is 0 Å². The van der Waals surface area contributed by atoms with Gasteiger partial charge in [-0.05, 0) is 24.1 Å². The molecule has 0 aliphatic heterocycles. The zero-order valence-corrected chi connectivity index (χ0v) is 12.3. The van der Waals surface area contributed by atoms with Crippen LogP contribution in [0.3, 0.4) is 0 Å². The van der Waals surface area contributed by atoms with Crippen molar-refractivity contribution in [2.24, 2.45) is 0 Å². The van der Waals surface area contributed by atoms with Crippen LogP contribution in [0.15, 0.2) is 18.2 Å². The number of carboxylic acid groups (broad SMARTS) is 1. The molecular formula is C16H24O4. The van der Waals surface area contributed by atoms with Crippen LogP contribution in [0.2, 0.25) is 0 Å². The van der Waals surface area contributed by atoms with Crippen LogP contribution in [0.4, 0.5) is 0 Å². The van der Waals surface area contributed by atoms with Crippen molar-refractivity contribution in [1.29, 1.82) is 0 Å². The van der Waals surface area contributed by atoms with E-state index in [9.17, 15) is 15.0 Å². The van der Waals surface area contributed by atoms with E-state index in [0.717, 1.165) is 19.3 Å². The van der Waals surface area contributed by atoms with Crippen molar-refractivity contribution in [3.63, 3.8) is 0 Å². The molecule has 1 unspecified atom stereocenters. The van der Waals surface area contributed by atoms with Gasteiger partial charge in [0.25, 0.3) is 0 Å². The number of phenols is 1. The second-order valence-corrected chi connectivity index (χ2v) is 5.02. The summed E-state index contributed by atoms with van der Waals surface area (Å²) in [5.74, 6) is -1.01. The zero-order chi connectivity index (χ0) is 15.0. The van der Waals surface area contributed by atoms with Gasteiger partial charge in [-0.2, -0.15) is 0 Å². The normalized spacial score (nSPS) is 12.1. The van der Waals surface area contributed by atoms with E-state index in [1.54, 1.807) is 12.1 Å². The first-order valence-electron chi connectivity index (χ1n) is 7.19. The number of aromatic hydroxyl groups is 1. The van der Waals surface area contributed by atoms with Crippen molar-refractivity contribution in [2.45, 2.75) is 51.4 Å². The van der Waals surface area contributed by atoms with Crippen LogP contribution in [0.25, 0.3) is 0 Å². The van der Waals surface area contributed by atoms with Gasteiger partial charge in [0.1, 0.15) is 0 Å². The number of unbranched alkanes of at least 4 members (excludes halogenated alkanes) is 4. The van der Waals surface area contributed by atoms with Gasteiger partial charge >= 0.3 is 5.97 Å². The summed E-state index contributed by atoms with van der Waals surface area (Å²) in [7, 11) is 1.46. The molecule has 0 heterocycles. The van der Waals surface area contributed by atoms with Gasteiger partial charge in [0.15, 0.2) is 11.5 Å². The summed E-state index contributed by atoms with van der Waals surface area (Å²) >= 11 is 0. The molecule has 20 heavy (non-hydrogen) atoms. The number of hydrogen-bond donors (Lipinski definition) is 2. The van der Waals surface area contributed by atoms with Gasteiger partial charge in [0.05, 0.1) is 13.0 Å². The quantitative estimate of drug-likeness (QED) is 0.673. The average Bonchev–Trinajstić information content (AvgIpc) is 2.43. The van der Waals surface area contributed by atoms with Crippen molar-refractivity contribution in [3.05, 3.63) is 23.8 Å². The summed E-state index contributed by atoms with van der Waals surface area (Å²) in [6, 6.07) is 4.75. The van der Waals surface area contributed by atoms with Gasteiger partial charge in [0.2, 0.25) is 0 Å². The van der Waals surface area contributed by atoms with E-state index in [0.29, 0.717) is 17.7 Å². The zero-order valence-electron chi connectivity index (χ0n) is 12.3. The monoisotopic (exact) mass is 280 g/mol. The number of methoxy groups -OCH3 is 1. The number of carbonyl (C=O) groups is 1. The molecule has 0 amide bonds. The standard InChI is InChI=1S/C16H24O4/c1-3-4-5-6-7-8-13(16(18)19)12-9-10-14(17)15(11-12)20-2/h9-11,13,17H,3-8H2,1-2H3,(H,18,19). The Morgan fingerprint density at radius 3 is 2.55 bits per heavy atom. The molecule has 2 N–H and O–H groups in total. The third-order valence-electron chi connectivity index (χ3n) is 3.50. The first-order valence-corrected chi connectivity index (χ1v) is 7.19. The first kappa shape index (κ1) is 16.3. The van der Waals surface area contributed by atoms with Crippen LogP contribution in [-0.2, 0) is 4.79 Å². The van der Waals surface area contributed by atoms with Crippen molar-refractivity contribution in [1.82, 2.24) is 0 Å². The summed E-state index contributed by atoms with van der Waals surface area (Å²) in [4.78, 5) is 11.4. The molecule has 1 rings (SSSR count). The third kappa shape index (κ3) is 4.76. The Bertz CT molecular complexity index is 428. The van der Waals surface area contributed by atoms with Crippen molar-refractivity contribution in [2.75, 3.05) is 7.11 Å². The number of rotatable bonds is 9. The third-order valence-corrected chi connectivity index (χ3v) is 3.50. The molecule has 1 atom stereocenters. The van der Waals surface area contributed by atoms with Crippen LogP contribution in [-0.4, -0.2) is 23.3 Å². The largest absolute Gasteiger partial charge is 0.504 e. The number of benzene rings is 1. The van der Waals surface area contributed by atoms with E-state index in [4.69, 9.17) is 4.74 Å². The lowest BCUT2D eigenvalue weighted by molar-refractivity contribution is -0.139. The molecule has 1 aromatic carbocycles. The van der Waals surface area contributed by atoms with E-state index in [1.807, 2.05) is 0 Å². The smallest absolute Gasteiger partial charge is 0.310 e. The first-order chi connectivity index (χ1) is 9.60. The Hall–Kier alpha value is -1.71. The van der Waals surface area contributed by atoms with E-state index in [2.05, 4.69) is 6.92 Å². The Labute approximate surface area is 120 Å². The predicted molar refractivity (Wildman–Crippen MR) is 78.4 cm³/mol. The highest BCUT2D eigenvalue weighted by molar-refractivity contribution is 5.76. The van der Waals surface area contributed by atoms with Gasteiger partial charge in [-0.3, -0.25) is 4.79 Å². The molecule has 0 saturated heterocycles. The maximum absolute atomic E-state index is 11.4. The molecule has 4 nitrogen and oxygen atoms in total. The molecule has 0 fully saturated rings. The van der Waals surface area contributed by atoms with E-state index in [1.165, 1.54) is 26.0 Å². The summed E-state index contributed by atoms with van der Waals surface area (Å²) in [6.45, 7) is 2.16. The fourth-order valence-electron chi connectivity index (χ4n) is 2.30. The lowest BCUT2D eigenvalue weighted by Crippen LogP contribution is -2.11. The minimum atomic E-state index is -0.826. The number of carboxylic acids is 1. The van der Waals surface area contributed by atoms with Crippen LogP contribution in [0.1, 0.15) is 56.9 Å². The lowest BCUT2D eigenvalue weighted by Gasteiger charge is -2.14. The summed E-state index contributed by atoms with van der Waals surface area (Å²) < 4.78 is 5.03. The second kappa shape index (κ2) is 8.46. The number of hydrogen-bond acceptors (Lipinski definition) is 3. The van der Waals surface area contributed by atoms with Crippen molar-refractivity contribution in [3.8, 4) is 11.5 Å². The number of ether oxygens (including phenoxy) is 1. The molecule has 0 aromatic heterocycles. The number of aliphatic carboxylic acids is 1. The van der Waals surface area contributed by atoms with Gasteiger partial charge in [-0.15, -0.1) is 0 Å². The lowest BCUT2D eigenvalue weighted by atomic mass is 9.92. The van der Waals surface area contributed by atoms with Gasteiger partial charge in [0, 0.05) is 0 Å². The minimum Gasteiger partial charge on any atom is -0.504 e. The SMILES string of the molecule is CCCCCCCC(C(=O)O)c1ccc(O)c(OC)c1. The number of phenolic OH excluding ortho intramolecular Hbond substituents is 1. The van der Waals surface area contributed by atoms with Crippen LogP contribution in [0.5, 0.6) is 11.5 Å². The van der Waals surface area contributed by atoms with E-state index >= 15 is 0 Å². The molecule has 0 saturated carbocycles. The summed E-state index contributed by atoms with van der Waals surface area (Å²) in [5.41, 5.74) is 0.683. The Kier molecular flexibility index (Phi) is 6.91. The maximum atomic E-state index is 11.4. The van der Waals surface area contributed by atoms with Crippen LogP contribution >= 0.6 is 0 Å². The molecule has 1 aromatic rings. The van der Waals surface area contributed by atoms with Crippen LogP contribution < -0.4 is 4.74 Å².